The van der Waals surface area contributed by atoms with Crippen molar-refractivity contribution >= 4 is 39.0 Å². The number of furan rings is 1. The summed E-state index contributed by atoms with van der Waals surface area (Å²) >= 11 is 0. The van der Waals surface area contributed by atoms with Crippen LogP contribution in [0.3, 0.4) is 0 Å². The van der Waals surface area contributed by atoms with Crippen molar-refractivity contribution in [3.63, 3.8) is 0 Å². The maximum Gasteiger partial charge on any atom is 0.137 e. The maximum atomic E-state index is 9.46. The lowest BCUT2D eigenvalue weighted by molar-refractivity contribution is 0.669. The van der Waals surface area contributed by atoms with Crippen molar-refractivity contribution in [1.82, 2.24) is 0 Å². The van der Waals surface area contributed by atoms with Gasteiger partial charge in [-0.05, 0) is 86.9 Å². The minimum absolute atomic E-state index is 0.0581. The van der Waals surface area contributed by atoms with Gasteiger partial charge in [-0.2, -0.15) is 0 Å². The first-order chi connectivity index (χ1) is 28.2. The van der Waals surface area contributed by atoms with Gasteiger partial charge in [0.1, 0.15) is 11.2 Å². The molecule has 0 aliphatic heterocycles. The third-order valence-electron chi connectivity index (χ3n) is 10.1. The highest BCUT2D eigenvalue weighted by atomic mass is 16.3. The SMILES string of the molecule is [2H]c1c([2H])c([2H])c2c(oc3c([2H])c([2H])c([2H])c(N(c4ccc(-c5ccccc5)cc4)c4ccc(C5(c6ccccc6)c6ccccc6-c6ccccc65)cc4)c32)c1[2H]. The molecule has 9 aromatic rings. The van der Waals surface area contributed by atoms with E-state index in [0.29, 0.717) is 11.4 Å². The Kier molecular flexibility index (Phi) is 5.28. The maximum absolute atomic E-state index is 9.46. The number of nitrogens with zero attached hydrogens (tertiary/aromatic N) is 1. The Morgan fingerprint density at radius 2 is 0.980 bits per heavy atom. The Bertz CT molecular complexity index is 3030. The van der Waals surface area contributed by atoms with Gasteiger partial charge in [-0.3, -0.25) is 0 Å². The molecule has 1 heterocycles. The van der Waals surface area contributed by atoms with Crippen LogP contribution in [0.25, 0.3) is 44.2 Å². The van der Waals surface area contributed by atoms with Crippen LogP contribution in [0.4, 0.5) is 17.1 Å². The molecule has 1 aliphatic carbocycles. The number of fused-ring (bicyclic) bond motifs is 6. The molecule has 0 fully saturated rings. The van der Waals surface area contributed by atoms with Crippen molar-refractivity contribution in [1.29, 1.82) is 0 Å². The van der Waals surface area contributed by atoms with E-state index >= 15 is 0 Å². The predicted molar refractivity (Wildman–Crippen MR) is 211 cm³/mol. The topological polar surface area (TPSA) is 16.4 Å². The largest absolute Gasteiger partial charge is 0.456 e. The molecule has 0 N–H and O–H groups in total. The van der Waals surface area contributed by atoms with Gasteiger partial charge in [-0.25, -0.2) is 0 Å². The number of benzene rings is 8. The lowest BCUT2D eigenvalue weighted by atomic mass is 9.68. The van der Waals surface area contributed by atoms with Crippen LogP contribution >= 0.6 is 0 Å². The van der Waals surface area contributed by atoms with Crippen LogP contribution in [-0.4, -0.2) is 0 Å². The molecule has 0 saturated carbocycles. The summed E-state index contributed by atoms with van der Waals surface area (Å²) in [6.45, 7) is 0. The monoisotopic (exact) mass is 658 g/mol. The second-order valence-electron chi connectivity index (χ2n) is 12.7. The van der Waals surface area contributed by atoms with Crippen LogP contribution in [0.5, 0.6) is 0 Å². The summed E-state index contributed by atoms with van der Waals surface area (Å²) in [5.74, 6) is 0. The molecule has 0 saturated heterocycles. The van der Waals surface area contributed by atoms with Crippen molar-refractivity contribution in [3.05, 3.63) is 222 Å². The van der Waals surface area contributed by atoms with E-state index < -0.39 is 17.5 Å². The molecule has 0 spiro atoms. The van der Waals surface area contributed by atoms with Crippen LogP contribution in [0.15, 0.2) is 204 Å². The van der Waals surface area contributed by atoms with Gasteiger partial charge in [0.2, 0.25) is 0 Å². The summed E-state index contributed by atoms with van der Waals surface area (Å²) in [7, 11) is 0. The first kappa shape index (κ1) is 22.9. The molecule has 0 atom stereocenters. The van der Waals surface area contributed by atoms with E-state index in [9.17, 15) is 1.37 Å². The van der Waals surface area contributed by atoms with E-state index in [2.05, 4.69) is 84.9 Å². The summed E-state index contributed by atoms with van der Waals surface area (Å²) < 4.78 is 68.0. The van der Waals surface area contributed by atoms with Gasteiger partial charge in [-0.15, -0.1) is 0 Å². The third-order valence-corrected chi connectivity index (χ3v) is 10.1. The number of hydrogen-bond acceptors (Lipinski definition) is 2. The average molecular weight is 659 g/mol. The molecular weight excluding hydrogens is 619 g/mol. The molecule has 8 aromatic carbocycles. The van der Waals surface area contributed by atoms with Crippen molar-refractivity contribution in [2.24, 2.45) is 0 Å². The zero-order chi connectivity index (χ0) is 39.9. The standard InChI is InChI=1S/C49H33NO/c1-3-14-34(15-4-1)35-26-30-38(31-27-35)50(45-23-13-25-47-48(45)42-20-9-12-24-46(42)51-47)39-32-28-37(29-33-39)49(36-16-5-2-6-17-36)43-21-10-7-18-40(43)41-19-8-11-22-44(41)49/h1-33H/i9D,12D,13D,20D,23D,24D,25D. The van der Waals surface area contributed by atoms with Crippen LogP contribution in [-0.2, 0) is 5.41 Å². The van der Waals surface area contributed by atoms with E-state index in [-0.39, 0.29) is 57.8 Å². The molecular formula is C49H33NO. The molecule has 0 radical (unpaired) electrons. The van der Waals surface area contributed by atoms with E-state index in [0.717, 1.165) is 22.3 Å². The Morgan fingerprint density at radius 1 is 0.451 bits per heavy atom. The lowest BCUT2D eigenvalue weighted by Crippen LogP contribution is -2.28. The van der Waals surface area contributed by atoms with Crippen molar-refractivity contribution in [3.8, 4) is 22.3 Å². The number of rotatable bonds is 6. The summed E-state index contributed by atoms with van der Waals surface area (Å²) in [4.78, 5) is 1.84. The molecule has 10 rings (SSSR count). The fraction of sp³-hybridized carbons (Fsp3) is 0.0204. The van der Waals surface area contributed by atoms with Gasteiger partial charge in [0, 0.05) is 16.8 Å². The Balaban J connectivity index is 1.25. The first-order valence-electron chi connectivity index (χ1n) is 20.4. The second-order valence-corrected chi connectivity index (χ2v) is 12.7. The van der Waals surface area contributed by atoms with Crippen molar-refractivity contribution < 1.29 is 14.0 Å². The van der Waals surface area contributed by atoms with Crippen LogP contribution < -0.4 is 4.90 Å². The number of para-hydroxylation sites is 1. The number of anilines is 3. The smallest absolute Gasteiger partial charge is 0.137 e. The fourth-order valence-corrected chi connectivity index (χ4v) is 7.92. The molecule has 240 valence electrons. The summed E-state index contributed by atoms with van der Waals surface area (Å²) in [6, 6.07) is 50.9. The molecule has 0 unspecified atom stereocenters. The van der Waals surface area contributed by atoms with Crippen LogP contribution in [0.2, 0.25) is 0 Å². The minimum Gasteiger partial charge on any atom is -0.456 e. The molecule has 0 bridgehead atoms. The van der Waals surface area contributed by atoms with E-state index in [1.807, 2.05) is 77.7 Å². The van der Waals surface area contributed by atoms with E-state index in [1.54, 1.807) is 0 Å². The third kappa shape index (κ3) is 4.50. The first-order valence-corrected chi connectivity index (χ1v) is 16.9. The molecule has 51 heavy (non-hydrogen) atoms. The Hall–Kier alpha value is -6.64. The highest BCUT2D eigenvalue weighted by molar-refractivity contribution is 6.13. The van der Waals surface area contributed by atoms with Gasteiger partial charge in [0.05, 0.1) is 26.1 Å². The van der Waals surface area contributed by atoms with Gasteiger partial charge >= 0.3 is 0 Å². The molecule has 2 nitrogen and oxygen atoms in total. The summed E-state index contributed by atoms with van der Waals surface area (Å²) in [6.07, 6.45) is 0. The van der Waals surface area contributed by atoms with Gasteiger partial charge in [0.15, 0.2) is 0 Å². The highest BCUT2D eigenvalue weighted by Gasteiger charge is 2.45. The summed E-state index contributed by atoms with van der Waals surface area (Å²) in [5, 5.41) is 0.228. The lowest BCUT2D eigenvalue weighted by Gasteiger charge is -2.34. The average Bonchev–Trinajstić information content (AvgIpc) is 3.82. The fourth-order valence-electron chi connectivity index (χ4n) is 7.92. The number of hydrogen-bond donors (Lipinski definition) is 0. The molecule has 2 heteroatoms. The van der Waals surface area contributed by atoms with Gasteiger partial charge in [-0.1, -0.05) is 158 Å². The van der Waals surface area contributed by atoms with Crippen LogP contribution in [0.1, 0.15) is 31.8 Å². The Morgan fingerprint density at radius 3 is 1.67 bits per heavy atom. The van der Waals surface area contributed by atoms with Crippen molar-refractivity contribution in [2.45, 2.75) is 5.41 Å². The van der Waals surface area contributed by atoms with Gasteiger partial charge in [0.25, 0.3) is 0 Å². The quantitative estimate of drug-likeness (QED) is 0.177. The van der Waals surface area contributed by atoms with Gasteiger partial charge < -0.3 is 9.32 Å². The predicted octanol–water partition coefficient (Wildman–Crippen LogP) is 13.1. The zero-order valence-electron chi connectivity index (χ0n) is 34.4. The second kappa shape index (κ2) is 11.8. The van der Waals surface area contributed by atoms with E-state index in [4.69, 9.17) is 12.6 Å². The zero-order valence-corrected chi connectivity index (χ0v) is 27.4. The van der Waals surface area contributed by atoms with Crippen LogP contribution in [0, 0.1) is 0 Å². The molecule has 1 aromatic heterocycles. The Labute approximate surface area is 307 Å². The minimum atomic E-state index is -0.645. The normalized spacial score (nSPS) is 14.8. The van der Waals surface area contributed by atoms with E-state index in [1.165, 1.54) is 22.3 Å². The highest BCUT2D eigenvalue weighted by Crippen LogP contribution is 2.56. The molecule has 0 amide bonds. The van der Waals surface area contributed by atoms with Crippen molar-refractivity contribution in [2.75, 3.05) is 4.90 Å². The molecule has 1 aliphatic rings. The summed E-state index contributed by atoms with van der Waals surface area (Å²) in [5.41, 5.74) is 9.43.